The van der Waals surface area contributed by atoms with Gasteiger partial charge < -0.3 is 9.84 Å². The van der Waals surface area contributed by atoms with Crippen LogP contribution in [0, 0.1) is 17.7 Å². The lowest BCUT2D eigenvalue weighted by molar-refractivity contribution is -0.0480. The second-order valence-electron chi connectivity index (χ2n) is 3.92. The minimum atomic E-state index is -1.19. The Balaban J connectivity index is 2.20. The molecule has 1 aliphatic rings. The number of nitrogens with zero attached hydrogens (tertiary/aromatic N) is 1. The van der Waals surface area contributed by atoms with Crippen LogP contribution >= 0.6 is 11.6 Å². The molecule has 0 bridgehead atoms. The van der Waals surface area contributed by atoms with Gasteiger partial charge in [-0.15, -0.1) is 0 Å². The zero-order valence-corrected chi connectivity index (χ0v) is 9.80. The summed E-state index contributed by atoms with van der Waals surface area (Å²) in [6.45, 7) is 0.781. The maximum atomic E-state index is 13.4. The van der Waals surface area contributed by atoms with Gasteiger partial charge in [0.25, 0.3) is 0 Å². The minimum Gasteiger partial charge on any atom is -0.377 e. The lowest BCUT2D eigenvalue weighted by Crippen LogP contribution is -2.36. The average molecular weight is 256 g/mol. The molecule has 1 aromatic rings. The molecule has 0 aromatic carbocycles. The van der Waals surface area contributed by atoms with Crippen molar-refractivity contribution in [1.29, 1.82) is 0 Å². The summed E-state index contributed by atoms with van der Waals surface area (Å²) < 4.78 is 18.5. The molecule has 0 amide bonds. The van der Waals surface area contributed by atoms with Gasteiger partial charge in [0.1, 0.15) is 16.6 Å². The molecule has 90 valence electrons. The van der Waals surface area contributed by atoms with Crippen molar-refractivity contribution in [3.05, 3.63) is 28.8 Å². The Kier molecular flexibility index (Phi) is 3.63. The van der Waals surface area contributed by atoms with E-state index in [1.807, 2.05) is 0 Å². The first-order valence-corrected chi connectivity index (χ1v) is 5.61. The number of aromatic nitrogens is 1. The molecule has 1 unspecified atom stereocenters. The van der Waals surface area contributed by atoms with Gasteiger partial charge in [-0.25, -0.2) is 9.37 Å². The first-order chi connectivity index (χ1) is 8.09. The van der Waals surface area contributed by atoms with Crippen molar-refractivity contribution >= 4 is 11.6 Å². The first kappa shape index (κ1) is 12.3. The number of hydrogen-bond donors (Lipinski definition) is 1. The van der Waals surface area contributed by atoms with Crippen LogP contribution in [0.3, 0.4) is 0 Å². The normalized spacial score (nSPS) is 23.9. The monoisotopic (exact) mass is 255 g/mol. The molecule has 1 atom stereocenters. The van der Waals surface area contributed by atoms with E-state index in [2.05, 4.69) is 16.8 Å². The van der Waals surface area contributed by atoms with Crippen molar-refractivity contribution in [3.63, 3.8) is 0 Å². The Morgan fingerprint density at radius 1 is 1.59 bits per heavy atom. The van der Waals surface area contributed by atoms with E-state index in [0.717, 1.165) is 12.5 Å². The number of hydrogen-bond acceptors (Lipinski definition) is 3. The number of aliphatic hydroxyl groups is 1. The lowest BCUT2D eigenvalue weighted by atomic mass is 9.97. The molecule has 1 fully saturated rings. The molecule has 1 saturated heterocycles. The smallest absolute Gasteiger partial charge is 0.149 e. The van der Waals surface area contributed by atoms with E-state index >= 15 is 0 Å². The van der Waals surface area contributed by atoms with Gasteiger partial charge in [0.2, 0.25) is 0 Å². The van der Waals surface area contributed by atoms with Gasteiger partial charge in [-0.05, 0) is 12.8 Å². The Hall–Kier alpha value is -1.15. The number of rotatable bonds is 0. The van der Waals surface area contributed by atoms with Gasteiger partial charge in [-0.2, -0.15) is 0 Å². The van der Waals surface area contributed by atoms with Crippen LogP contribution in [0.5, 0.6) is 0 Å². The van der Waals surface area contributed by atoms with Crippen LogP contribution in [0.15, 0.2) is 12.3 Å². The molecule has 2 heterocycles. The van der Waals surface area contributed by atoms with Crippen molar-refractivity contribution < 1.29 is 14.2 Å². The average Bonchev–Trinajstić information content (AvgIpc) is 2.29. The highest BCUT2D eigenvalue weighted by Crippen LogP contribution is 2.18. The fraction of sp³-hybridized carbons (Fsp3) is 0.417. The van der Waals surface area contributed by atoms with E-state index < -0.39 is 11.4 Å². The van der Waals surface area contributed by atoms with E-state index in [0.29, 0.717) is 13.0 Å². The standard InChI is InChI=1S/C12H11ClFNO2/c13-11-6-10(14)9(7-15-11)2-4-12(16)3-1-5-17-8-12/h6-7,16H,1,3,5,8H2. The van der Waals surface area contributed by atoms with Crippen molar-refractivity contribution in [1.82, 2.24) is 4.98 Å². The molecular formula is C12H11ClFNO2. The number of halogens is 2. The fourth-order valence-corrected chi connectivity index (χ4v) is 1.71. The minimum absolute atomic E-state index is 0.0766. The Bertz CT molecular complexity index is 475. The van der Waals surface area contributed by atoms with Crippen LogP contribution in [0.2, 0.25) is 5.15 Å². The summed E-state index contributed by atoms with van der Waals surface area (Å²) in [4.78, 5) is 3.74. The predicted octanol–water partition coefficient (Wildman–Crippen LogP) is 1.77. The van der Waals surface area contributed by atoms with Gasteiger partial charge in [-0.1, -0.05) is 23.4 Å². The van der Waals surface area contributed by atoms with Crippen molar-refractivity contribution in [2.75, 3.05) is 13.2 Å². The van der Waals surface area contributed by atoms with Crippen molar-refractivity contribution in [2.24, 2.45) is 0 Å². The lowest BCUT2D eigenvalue weighted by Gasteiger charge is -2.26. The second-order valence-corrected chi connectivity index (χ2v) is 4.31. The molecule has 0 spiro atoms. The summed E-state index contributed by atoms with van der Waals surface area (Å²) in [7, 11) is 0. The highest BCUT2D eigenvalue weighted by atomic mass is 35.5. The van der Waals surface area contributed by atoms with E-state index in [9.17, 15) is 9.50 Å². The van der Waals surface area contributed by atoms with Crippen LogP contribution in [-0.2, 0) is 4.74 Å². The zero-order chi connectivity index (χ0) is 12.3. The van der Waals surface area contributed by atoms with Crippen molar-refractivity contribution in [2.45, 2.75) is 18.4 Å². The zero-order valence-electron chi connectivity index (χ0n) is 9.04. The first-order valence-electron chi connectivity index (χ1n) is 5.23. The van der Waals surface area contributed by atoms with Gasteiger partial charge in [0.15, 0.2) is 0 Å². The molecule has 1 aromatic heterocycles. The molecule has 17 heavy (non-hydrogen) atoms. The third-order valence-corrected chi connectivity index (χ3v) is 2.68. The van der Waals surface area contributed by atoms with E-state index in [4.69, 9.17) is 16.3 Å². The van der Waals surface area contributed by atoms with Gasteiger partial charge in [-0.3, -0.25) is 0 Å². The fourth-order valence-electron chi connectivity index (χ4n) is 1.56. The Morgan fingerprint density at radius 3 is 3.06 bits per heavy atom. The van der Waals surface area contributed by atoms with Gasteiger partial charge in [0.05, 0.1) is 12.2 Å². The molecular weight excluding hydrogens is 245 g/mol. The third kappa shape index (κ3) is 3.16. The van der Waals surface area contributed by atoms with Gasteiger partial charge in [0, 0.05) is 18.9 Å². The maximum Gasteiger partial charge on any atom is 0.149 e. The summed E-state index contributed by atoms with van der Waals surface area (Å²) >= 11 is 5.52. The third-order valence-electron chi connectivity index (χ3n) is 2.47. The molecule has 2 rings (SSSR count). The Labute approximate surface area is 104 Å². The summed E-state index contributed by atoms with van der Waals surface area (Å²) in [5.74, 6) is 4.66. The molecule has 0 saturated carbocycles. The summed E-state index contributed by atoms with van der Waals surface area (Å²) in [5, 5.41) is 10.1. The van der Waals surface area contributed by atoms with Gasteiger partial charge >= 0.3 is 0 Å². The molecule has 0 aliphatic carbocycles. The topological polar surface area (TPSA) is 42.4 Å². The highest BCUT2D eigenvalue weighted by Gasteiger charge is 2.27. The second kappa shape index (κ2) is 5.01. The van der Waals surface area contributed by atoms with E-state index in [1.165, 1.54) is 6.20 Å². The quantitative estimate of drug-likeness (QED) is 0.568. The predicted molar refractivity (Wildman–Crippen MR) is 61.1 cm³/mol. The number of pyridine rings is 1. The number of ether oxygens (including phenoxy) is 1. The summed E-state index contributed by atoms with van der Waals surface area (Å²) in [5.41, 5.74) is -1.07. The van der Waals surface area contributed by atoms with Crippen LogP contribution in [-0.4, -0.2) is 28.9 Å². The molecule has 1 N–H and O–H groups in total. The van der Waals surface area contributed by atoms with Crippen LogP contribution in [0.25, 0.3) is 0 Å². The van der Waals surface area contributed by atoms with Crippen LogP contribution < -0.4 is 0 Å². The largest absolute Gasteiger partial charge is 0.377 e. The van der Waals surface area contributed by atoms with E-state index in [-0.39, 0.29) is 17.3 Å². The summed E-state index contributed by atoms with van der Waals surface area (Å²) in [6, 6.07) is 1.09. The SMILES string of the molecule is OC1(C#Cc2cnc(Cl)cc2F)CCCOC1. The Morgan fingerprint density at radius 2 is 2.41 bits per heavy atom. The van der Waals surface area contributed by atoms with Crippen LogP contribution in [0.4, 0.5) is 4.39 Å². The van der Waals surface area contributed by atoms with Crippen LogP contribution in [0.1, 0.15) is 18.4 Å². The molecule has 5 heteroatoms. The summed E-state index contributed by atoms with van der Waals surface area (Å²) in [6.07, 6.45) is 2.52. The van der Waals surface area contributed by atoms with E-state index in [1.54, 1.807) is 0 Å². The molecule has 0 radical (unpaired) electrons. The molecule has 1 aliphatic heterocycles. The maximum absolute atomic E-state index is 13.4. The van der Waals surface area contributed by atoms with Crippen molar-refractivity contribution in [3.8, 4) is 11.8 Å². The molecule has 3 nitrogen and oxygen atoms in total. The highest BCUT2D eigenvalue weighted by molar-refractivity contribution is 6.29.